The van der Waals surface area contributed by atoms with Crippen molar-refractivity contribution in [2.45, 2.75) is 20.3 Å². The van der Waals surface area contributed by atoms with Crippen molar-refractivity contribution >= 4 is 5.78 Å². The zero-order chi connectivity index (χ0) is 12.0. The molecule has 0 fully saturated rings. The number of hydrogen-bond donors (Lipinski definition) is 1. The average molecular weight is 221 g/mol. The van der Waals surface area contributed by atoms with Crippen molar-refractivity contribution in [2.75, 3.05) is 20.2 Å². The number of carbonyl (C=O) groups is 1. The molecule has 0 saturated heterocycles. The van der Waals surface area contributed by atoms with Crippen LogP contribution < -0.4 is 10.1 Å². The van der Waals surface area contributed by atoms with Crippen LogP contribution in [0.5, 0.6) is 5.75 Å². The summed E-state index contributed by atoms with van der Waals surface area (Å²) in [6.45, 7) is 5.27. The number of ketones is 1. The number of carbonyl (C=O) groups excluding carboxylic acids is 1. The molecule has 1 aromatic rings. The van der Waals surface area contributed by atoms with Gasteiger partial charge in [0, 0.05) is 0 Å². The van der Waals surface area contributed by atoms with E-state index < -0.39 is 0 Å². The maximum atomic E-state index is 11.9. The molecule has 0 heterocycles. The summed E-state index contributed by atoms with van der Waals surface area (Å²) in [5.41, 5.74) is 1.73. The molecule has 0 amide bonds. The lowest BCUT2D eigenvalue weighted by Crippen LogP contribution is -2.24. The number of ether oxygens (including phenoxy) is 1. The Morgan fingerprint density at radius 2 is 2.19 bits per heavy atom. The Hall–Kier alpha value is -1.35. The number of benzene rings is 1. The number of rotatable bonds is 6. The van der Waals surface area contributed by atoms with Crippen molar-refractivity contribution in [3.05, 3.63) is 29.3 Å². The van der Waals surface area contributed by atoms with Crippen LogP contribution in [-0.4, -0.2) is 26.0 Å². The van der Waals surface area contributed by atoms with Gasteiger partial charge < -0.3 is 10.1 Å². The topological polar surface area (TPSA) is 38.3 Å². The van der Waals surface area contributed by atoms with E-state index in [0.717, 1.165) is 18.5 Å². The summed E-state index contributed by atoms with van der Waals surface area (Å²) in [6, 6.07) is 5.65. The van der Waals surface area contributed by atoms with E-state index in [4.69, 9.17) is 4.74 Å². The highest BCUT2D eigenvalue weighted by Crippen LogP contribution is 2.19. The van der Waals surface area contributed by atoms with E-state index in [1.807, 2.05) is 25.1 Å². The van der Waals surface area contributed by atoms with Crippen LogP contribution in [-0.2, 0) is 0 Å². The van der Waals surface area contributed by atoms with Crippen molar-refractivity contribution in [3.63, 3.8) is 0 Å². The average Bonchev–Trinajstić information content (AvgIpc) is 2.29. The van der Waals surface area contributed by atoms with Gasteiger partial charge in [0.25, 0.3) is 0 Å². The lowest BCUT2D eigenvalue weighted by Gasteiger charge is -2.09. The monoisotopic (exact) mass is 221 g/mol. The second-order valence-corrected chi connectivity index (χ2v) is 3.80. The third-order valence-electron chi connectivity index (χ3n) is 2.37. The van der Waals surface area contributed by atoms with Crippen LogP contribution in [0.3, 0.4) is 0 Å². The second kappa shape index (κ2) is 6.28. The lowest BCUT2D eigenvalue weighted by atomic mass is 10.1. The minimum absolute atomic E-state index is 0.0778. The van der Waals surface area contributed by atoms with Gasteiger partial charge in [-0.1, -0.05) is 18.6 Å². The Balaban J connectivity index is 2.76. The van der Waals surface area contributed by atoms with Gasteiger partial charge in [0.05, 0.1) is 19.2 Å². The molecule has 88 valence electrons. The molecule has 3 heteroatoms. The molecular weight excluding hydrogens is 202 g/mol. The molecule has 1 aromatic carbocycles. The van der Waals surface area contributed by atoms with Crippen LogP contribution in [0.15, 0.2) is 18.2 Å². The Morgan fingerprint density at radius 3 is 2.81 bits per heavy atom. The quantitative estimate of drug-likeness (QED) is 0.591. The minimum atomic E-state index is 0.0778. The van der Waals surface area contributed by atoms with Crippen molar-refractivity contribution in [2.24, 2.45) is 0 Å². The van der Waals surface area contributed by atoms with Crippen LogP contribution >= 0.6 is 0 Å². The molecule has 0 spiro atoms. The van der Waals surface area contributed by atoms with E-state index >= 15 is 0 Å². The molecule has 0 unspecified atom stereocenters. The third-order valence-corrected chi connectivity index (χ3v) is 2.37. The first-order valence-electron chi connectivity index (χ1n) is 5.57. The maximum Gasteiger partial charge on any atom is 0.180 e. The van der Waals surface area contributed by atoms with E-state index in [2.05, 4.69) is 12.2 Å². The van der Waals surface area contributed by atoms with Crippen LogP contribution in [0.1, 0.15) is 29.3 Å². The summed E-state index contributed by atoms with van der Waals surface area (Å²) in [6.07, 6.45) is 1.03. The molecule has 0 aliphatic rings. The van der Waals surface area contributed by atoms with E-state index in [0.29, 0.717) is 17.9 Å². The summed E-state index contributed by atoms with van der Waals surface area (Å²) in [4.78, 5) is 11.9. The fourth-order valence-electron chi connectivity index (χ4n) is 1.51. The lowest BCUT2D eigenvalue weighted by molar-refractivity contribution is 0.0988. The molecule has 16 heavy (non-hydrogen) atoms. The van der Waals surface area contributed by atoms with Crippen molar-refractivity contribution < 1.29 is 9.53 Å². The van der Waals surface area contributed by atoms with Gasteiger partial charge in [-0.15, -0.1) is 0 Å². The highest BCUT2D eigenvalue weighted by molar-refractivity contribution is 6.00. The third kappa shape index (κ3) is 3.35. The summed E-state index contributed by atoms with van der Waals surface area (Å²) in [7, 11) is 1.58. The Labute approximate surface area is 96.8 Å². The molecule has 3 nitrogen and oxygen atoms in total. The molecule has 0 aromatic heterocycles. The molecule has 0 radical (unpaired) electrons. The SMILES string of the molecule is CCCNCC(=O)c1cc(C)ccc1OC. The second-order valence-electron chi connectivity index (χ2n) is 3.80. The zero-order valence-electron chi connectivity index (χ0n) is 10.2. The largest absolute Gasteiger partial charge is 0.496 e. The van der Waals surface area contributed by atoms with Crippen molar-refractivity contribution in [1.29, 1.82) is 0 Å². The predicted octanol–water partition coefficient (Wildman–Crippen LogP) is 2.19. The van der Waals surface area contributed by atoms with E-state index in [1.54, 1.807) is 7.11 Å². The normalized spacial score (nSPS) is 10.2. The van der Waals surface area contributed by atoms with Crippen LogP contribution in [0.25, 0.3) is 0 Å². The van der Waals surface area contributed by atoms with Gasteiger partial charge in [0.15, 0.2) is 5.78 Å². The summed E-state index contributed by atoms with van der Waals surface area (Å²) in [5.74, 6) is 0.725. The van der Waals surface area contributed by atoms with E-state index in [-0.39, 0.29) is 5.78 Å². The molecular formula is C13H19NO2. The standard InChI is InChI=1S/C13H19NO2/c1-4-7-14-9-12(15)11-8-10(2)5-6-13(11)16-3/h5-6,8,14H,4,7,9H2,1-3H3. The molecule has 0 aliphatic heterocycles. The Bertz CT molecular complexity index is 361. The molecule has 0 saturated carbocycles. The summed E-state index contributed by atoms with van der Waals surface area (Å²) in [5, 5.41) is 3.10. The summed E-state index contributed by atoms with van der Waals surface area (Å²) < 4.78 is 5.18. The van der Waals surface area contributed by atoms with Gasteiger partial charge in [-0.25, -0.2) is 0 Å². The van der Waals surface area contributed by atoms with Crippen molar-refractivity contribution in [1.82, 2.24) is 5.32 Å². The van der Waals surface area contributed by atoms with Crippen molar-refractivity contribution in [3.8, 4) is 5.75 Å². The minimum Gasteiger partial charge on any atom is -0.496 e. The molecule has 1 rings (SSSR count). The van der Waals surface area contributed by atoms with Crippen LogP contribution in [0, 0.1) is 6.92 Å². The first kappa shape index (κ1) is 12.7. The number of nitrogens with one attached hydrogen (secondary N) is 1. The summed E-state index contributed by atoms with van der Waals surface area (Å²) >= 11 is 0. The number of Topliss-reactive ketones (excluding diaryl/α,β-unsaturated/α-hetero) is 1. The van der Waals surface area contributed by atoms with Gasteiger partial charge in [0.1, 0.15) is 5.75 Å². The first-order valence-corrected chi connectivity index (χ1v) is 5.57. The molecule has 0 bridgehead atoms. The Morgan fingerprint density at radius 1 is 1.44 bits per heavy atom. The van der Waals surface area contributed by atoms with E-state index in [9.17, 15) is 4.79 Å². The highest BCUT2D eigenvalue weighted by atomic mass is 16.5. The smallest absolute Gasteiger partial charge is 0.180 e. The number of methoxy groups -OCH3 is 1. The fourth-order valence-corrected chi connectivity index (χ4v) is 1.51. The van der Waals surface area contributed by atoms with Gasteiger partial charge in [-0.05, 0) is 32.0 Å². The Kier molecular flexibility index (Phi) is 4.99. The van der Waals surface area contributed by atoms with Gasteiger partial charge in [-0.3, -0.25) is 4.79 Å². The molecule has 1 N–H and O–H groups in total. The van der Waals surface area contributed by atoms with Crippen LogP contribution in [0.4, 0.5) is 0 Å². The highest BCUT2D eigenvalue weighted by Gasteiger charge is 2.11. The number of aryl methyl sites for hydroxylation is 1. The molecule has 0 atom stereocenters. The maximum absolute atomic E-state index is 11.9. The van der Waals surface area contributed by atoms with Gasteiger partial charge in [-0.2, -0.15) is 0 Å². The van der Waals surface area contributed by atoms with E-state index in [1.165, 1.54) is 0 Å². The van der Waals surface area contributed by atoms with Crippen LogP contribution in [0.2, 0.25) is 0 Å². The van der Waals surface area contributed by atoms with Gasteiger partial charge in [0.2, 0.25) is 0 Å². The fraction of sp³-hybridized carbons (Fsp3) is 0.462. The predicted molar refractivity (Wildman–Crippen MR) is 65.2 cm³/mol. The van der Waals surface area contributed by atoms with Gasteiger partial charge >= 0.3 is 0 Å². The number of hydrogen-bond acceptors (Lipinski definition) is 3. The first-order chi connectivity index (χ1) is 7.69. The molecule has 0 aliphatic carbocycles. The zero-order valence-corrected chi connectivity index (χ0v) is 10.2.